The molecule has 1 heterocycles. The van der Waals surface area contributed by atoms with Gasteiger partial charge in [0.15, 0.2) is 5.16 Å². The average Bonchev–Trinajstić information content (AvgIpc) is 2.84. The van der Waals surface area contributed by atoms with Gasteiger partial charge in [-0.3, -0.25) is 24.3 Å². The van der Waals surface area contributed by atoms with E-state index in [1.54, 1.807) is 24.3 Å². The zero-order chi connectivity index (χ0) is 24.2. The van der Waals surface area contributed by atoms with E-state index >= 15 is 0 Å². The van der Waals surface area contributed by atoms with Crippen LogP contribution in [0.2, 0.25) is 0 Å². The van der Waals surface area contributed by atoms with Gasteiger partial charge in [-0.05, 0) is 42.5 Å². The summed E-state index contributed by atoms with van der Waals surface area (Å²) in [6.07, 6.45) is 0. The number of halogens is 1. The second kappa shape index (κ2) is 9.71. The minimum absolute atomic E-state index is 0.119. The monoisotopic (exact) mass is 480 g/mol. The molecule has 0 unspecified atom stereocenters. The van der Waals surface area contributed by atoms with Crippen molar-refractivity contribution < 1.29 is 18.8 Å². The summed E-state index contributed by atoms with van der Waals surface area (Å²) in [6, 6.07) is 16.0. The van der Waals surface area contributed by atoms with Crippen molar-refractivity contribution in [3.8, 4) is 11.4 Å². The molecule has 0 spiro atoms. The number of amides is 1. The van der Waals surface area contributed by atoms with Gasteiger partial charge in [-0.1, -0.05) is 23.9 Å². The van der Waals surface area contributed by atoms with Gasteiger partial charge in [0.05, 0.1) is 46.1 Å². The Morgan fingerprint density at radius 1 is 1.18 bits per heavy atom. The second-order valence-corrected chi connectivity index (χ2v) is 7.95. The van der Waals surface area contributed by atoms with Crippen molar-refractivity contribution in [3.05, 3.63) is 93.0 Å². The van der Waals surface area contributed by atoms with Crippen molar-refractivity contribution in [2.45, 2.75) is 5.16 Å². The Labute approximate surface area is 196 Å². The van der Waals surface area contributed by atoms with Crippen LogP contribution in [-0.4, -0.2) is 33.2 Å². The molecule has 9 nitrogen and oxygen atoms in total. The number of rotatable bonds is 7. The van der Waals surface area contributed by atoms with Crippen molar-refractivity contribution >= 4 is 39.9 Å². The number of carbonyl (C=O) groups is 1. The third-order valence-corrected chi connectivity index (χ3v) is 5.77. The van der Waals surface area contributed by atoms with E-state index in [1.807, 2.05) is 0 Å². The summed E-state index contributed by atoms with van der Waals surface area (Å²) in [7, 11) is 1.34. The van der Waals surface area contributed by atoms with Crippen LogP contribution in [0.5, 0.6) is 5.75 Å². The van der Waals surface area contributed by atoms with E-state index in [4.69, 9.17) is 4.74 Å². The number of non-ortho nitro benzene ring substituents is 1. The molecule has 4 aromatic rings. The molecular formula is C23H17FN4O5S. The minimum Gasteiger partial charge on any atom is -0.494 e. The number of hydrogen-bond acceptors (Lipinski definition) is 7. The van der Waals surface area contributed by atoms with Gasteiger partial charge in [-0.2, -0.15) is 0 Å². The van der Waals surface area contributed by atoms with E-state index in [9.17, 15) is 24.1 Å². The maximum Gasteiger partial charge on any atom is 0.273 e. The first kappa shape index (κ1) is 22.9. The Morgan fingerprint density at radius 2 is 1.91 bits per heavy atom. The van der Waals surface area contributed by atoms with Gasteiger partial charge in [-0.25, -0.2) is 9.37 Å². The van der Waals surface area contributed by atoms with E-state index in [2.05, 4.69) is 10.3 Å². The molecule has 4 rings (SSSR count). The van der Waals surface area contributed by atoms with Crippen LogP contribution in [0.1, 0.15) is 0 Å². The van der Waals surface area contributed by atoms with Crippen molar-refractivity contribution in [2.24, 2.45) is 0 Å². The van der Waals surface area contributed by atoms with Crippen LogP contribution in [-0.2, 0) is 4.79 Å². The van der Waals surface area contributed by atoms with E-state index in [0.29, 0.717) is 16.6 Å². The van der Waals surface area contributed by atoms with Crippen LogP contribution in [0.4, 0.5) is 15.8 Å². The second-order valence-electron chi connectivity index (χ2n) is 7.01. The number of hydrogen-bond donors (Lipinski definition) is 1. The van der Waals surface area contributed by atoms with Crippen LogP contribution < -0.4 is 15.6 Å². The summed E-state index contributed by atoms with van der Waals surface area (Å²) in [6.45, 7) is 0. The maximum absolute atomic E-state index is 13.4. The first-order valence-corrected chi connectivity index (χ1v) is 10.9. The molecule has 1 aromatic heterocycles. The largest absolute Gasteiger partial charge is 0.494 e. The fourth-order valence-electron chi connectivity index (χ4n) is 3.24. The lowest BCUT2D eigenvalue weighted by atomic mass is 10.2. The molecule has 1 amide bonds. The van der Waals surface area contributed by atoms with Crippen molar-refractivity contribution in [1.82, 2.24) is 9.55 Å². The fourth-order valence-corrected chi connectivity index (χ4v) is 4.05. The molecule has 1 N–H and O–H groups in total. The number of methoxy groups -OCH3 is 1. The first-order chi connectivity index (χ1) is 16.4. The predicted octanol–water partition coefficient (Wildman–Crippen LogP) is 4.17. The smallest absolute Gasteiger partial charge is 0.273 e. The zero-order valence-corrected chi connectivity index (χ0v) is 18.5. The van der Waals surface area contributed by atoms with Crippen LogP contribution in [0.15, 0.2) is 76.7 Å². The molecule has 34 heavy (non-hydrogen) atoms. The Hall–Kier alpha value is -4.25. The van der Waals surface area contributed by atoms with Gasteiger partial charge in [0.25, 0.3) is 11.2 Å². The number of nitro groups is 1. The molecule has 172 valence electrons. The van der Waals surface area contributed by atoms with Gasteiger partial charge < -0.3 is 10.1 Å². The standard InChI is InChI=1S/C23H17FN4O5S/c1-33-20-12-16(28(31)32)10-11-19(20)25-21(29)13-34-23-26-18-5-3-2-4-17(18)22(30)27(23)15-8-6-14(24)7-9-15/h2-12H,13H2,1H3,(H,25,29). The maximum atomic E-state index is 13.4. The van der Waals surface area contributed by atoms with Crippen LogP contribution in [0, 0.1) is 15.9 Å². The van der Waals surface area contributed by atoms with Gasteiger partial charge in [0, 0.05) is 6.07 Å². The predicted molar refractivity (Wildman–Crippen MR) is 126 cm³/mol. The molecule has 0 atom stereocenters. The molecule has 11 heteroatoms. The fraction of sp³-hybridized carbons (Fsp3) is 0.0870. The van der Waals surface area contributed by atoms with Crippen molar-refractivity contribution in [2.75, 3.05) is 18.2 Å². The molecule has 0 saturated carbocycles. The molecule has 0 saturated heterocycles. The van der Waals surface area contributed by atoms with Crippen molar-refractivity contribution in [1.29, 1.82) is 0 Å². The lowest BCUT2D eigenvalue weighted by molar-refractivity contribution is -0.384. The summed E-state index contributed by atoms with van der Waals surface area (Å²) in [5, 5.41) is 14.2. The third kappa shape index (κ3) is 4.74. The van der Waals surface area contributed by atoms with Gasteiger partial charge in [0.1, 0.15) is 11.6 Å². The van der Waals surface area contributed by atoms with E-state index in [-0.39, 0.29) is 33.6 Å². The van der Waals surface area contributed by atoms with E-state index in [1.165, 1.54) is 54.1 Å². The molecule has 0 fully saturated rings. The number of aromatic nitrogens is 2. The summed E-state index contributed by atoms with van der Waals surface area (Å²) in [5.74, 6) is -0.868. The van der Waals surface area contributed by atoms with Crippen LogP contribution in [0.3, 0.4) is 0 Å². The third-order valence-electron chi connectivity index (χ3n) is 4.83. The normalized spacial score (nSPS) is 10.8. The Kier molecular flexibility index (Phi) is 6.55. The molecule has 0 aliphatic carbocycles. The lowest BCUT2D eigenvalue weighted by Gasteiger charge is -2.14. The average molecular weight is 480 g/mol. The van der Waals surface area contributed by atoms with E-state index in [0.717, 1.165) is 11.8 Å². The summed E-state index contributed by atoms with van der Waals surface area (Å²) < 4.78 is 19.9. The van der Waals surface area contributed by atoms with E-state index < -0.39 is 16.6 Å². The highest BCUT2D eigenvalue weighted by molar-refractivity contribution is 7.99. The van der Waals surface area contributed by atoms with Gasteiger partial charge in [-0.15, -0.1) is 0 Å². The topological polar surface area (TPSA) is 116 Å². The van der Waals surface area contributed by atoms with Gasteiger partial charge >= 0.3 is 0 Å². The van der Waals surface area contributed by atoms with Crippen molar-refractivity contribution in [3.63, 3.8) is 0 Å². The quantitative estimate of drug-likeness (QED) is 0.183. The highest BCUT2D eigenvalue weighted by Gasteiger charge is 2.17. The van der Waals surface area contributed by atoms with Gasteiger partial charge in [0.2, 0.25) is 5.91 Å². The number of para-hydroxylation sites is 1. The lowest BCUT2D eigenvalue weighted by Crippen LogP contribution is -2.23. The summed E-state index contributed by atoms with van der Waals surface area (Å²) >= 11 is 1.02. The zero-order valence-electron chi connectivity index (χ0n) is 17.7. The molecule has 0 bridgehead atoms. The number of fused-ring (bicyclic) bond motifs is 1. The number of carbonyl (C=O) groups excluding carboxylic acids is 1. The number of thioether (sulfide) groups is 1. The highest BCUT2D eigenvalue weighted by Crippen LogP contribution is 2.29. The minimum atomic E-state index is -0.565. The molecule has 3 aromatic carbocycles. The Balaban J connectivity index is 1.63. The number of benzene rings is 3. The first-order valence-electron chi connectivity index (χ1n) is 9.90. The molecular weight excluding hydrogens is 463 g/mol. The number of nitrogens with zero attached hydrogens (tertiary/aromatic N) is 3. The van der Waals surface area contributed by atoms with Crippen LogP contribution >= 0.6 is 11.8 Å². The molecule has 0 radical (unpaired) electrons. The summed E-state index contributed by atoms with van der Waals surface area (Å²) in [4.78, 5) is 40.7. The molecule has 0 aliphatic heterocycles. The highest BCUT2D eigenvalue weighted by atomic mass is 32.2. The molecule has 0 aliphatic rings. The number of ether oxygens (including phenoxy) is 1. The Morgan fingerprint density at radius 3 is 2.62 bits per heavy atom. The van der Waals surface area contributed by atoms with Crippen LogP contribution in [0.25, 0.3) is 16.6 Å². The Bertz CT molecular complexity index is 1460. The number of nitrogens with one attached hydrogen (secondary N) is 1. The number of nitro benzene ring substituents is 1. The SMILES string of the molecule is COc1cc([N+](=O)[O-])ccc1NC(=O)CSc1nc2ccccc2c(=O)n1-c1ccc(F)cc1. The number of anilines is 1. The summed E-state index contributed by atoms with van der Waals surface area (Å²) in [5.41, 5.74) is 0.613.